The maximum absolute atomic E-state index is 11.6. The summed E-state index contributed by atoms with van der Waals surface area (Å²) >= 11 is 0. The molecule has 0 atom stereocenters. The largest absolute Gasteiger partial charge is 0.352 e. The fourth-order valence-electron chi connectivity index (χ4n) is 1.01. The Balaban J connectivity index is 2.65. The maximum atomic E-state index is 11.6. The first-order valence-electron chi connectivity index (χ1n) is 4.66. The van der Waals surface area contributed by atoms with Gasteiger partial charge in [0.25, 0.3) is 5.91 Å². The highest BCUT2D eigenvalue weighted by molar-refractivity contribution is 5.94. The summed E-state index contributed by atoms with van der Waals surface area (Å²) in [6.07, 6.45) is 2.98. The van der Waals surface area contributed by atoms with Crippen molar-refractivity contribution in [2.45, 2.75) is 20.8 Å². The molecule has 0 bridgehead atoms. The zero-order valence-electron chi connectivity index (χ0n) is 8.74. The molecule has 4 nitrogen and oxygen atoms in total. The molecule has 0 aliphatic rings. The van der Waals surface area contributed by atoms with E-state index >= 15 is 0 Å². The zero-order chi connectivity index (χ0) is 10.6. The summed E-state index contributed by atoms with van der Waals surface area (Å²) in [7, 11) is 0. The Bertz CT molecular complexity index is 323. The van der Waals surface area contributed by atoms with Gasteiger partial charge in [-0.05, 0) is 12.8 Å². The average Bonchev–Trinajstić information content (AvgIpc) is 2.15. The van der Waals surface area contributed by atoms with Crippen LogP contribution < -0.4 is 5.32 Å². The SMILES string of the molecule is Cc1ncncc1C(=O)NCC(C)C. The molecule has 0 aliphatic carbocycles. The molecular weight excluding hydrogens is 178 g/mol. The molecule has 1 amide bonds. The van der Waals surface area contributed by atoms with Crippen molar-refractivity contribution in [1.82, 2.24) is 15.3 Å². The predicted molar refractivity (Wildman–Crippen MR) is 53.9 cm³/mol. The lowest BCUT2D eigenvalue weighted by Gasteiger charge is -2.08. The normalized spacial score (nSPS) is 10.3. The first-order valence-corrected chi connectivity index (χ1v) is 4.66. The van der Waals surface area contributed by atoms with Gasteiger partial charge in [-0.25, -0.2) is 9.97 Å². The topological polar surface area (TPSA) is 54.9 Å². The summed E-state index contributed by atoms with van der Waals surface area (Å²) in [5.74, 6) is 0.348. The molecule has 1 aromatic heterocycles. The van der Waals surface area contributed by atoms with Crippen molar-refractivity contribution in [3.8, 4) is 0 Å². The van der Waals surface area contributed by atoms with Crippen LogP contribution in [0.1, 0.15) is 29.9 Å². The van der Waals surface area contributed by atoms with Crippen LogP contribution in [0.2, 0.25) is 0 Å². The van der Waals surface area contributed by atoms with Crippen molar-refractivity contribution in [1.29, 1.82) is 0 Å². The van der Waals surface area contributed by atoms with E-state index in [1.54, 1.807) is 6.92 Å². The zero-order valence-corrected chi connectivity index (χ0v) is 8.74. The third-order valence-corrected chi connectivity index (χ3v) is 1.83. The van der Waals surface area contributed by atoms with Gasteiger partial charge in [-0.2, -0.15) is 0 Å². The van der Waals surface area contributed by atoms with Gasteiger partial charge in [-0.15, -0.1) is 0 Å². The number of carbonyl (C=O) groups excluding carboxylic acids is 1. The molecule has 0 fully saturated rings. The Hall–Kier alpha value is -1.45. The first kappa shape index (κ1) is 10.6. The van der Waals surface area contributed by atoms with E-state index in [2.05, 4.69) is 29.1 Å². The summed E-state index contributed by atoms with van der Waals surface area (Å²) in [6.45, 7) is 6.57. The minimum Gasteiger partial charge on any atom is -0.352 e. The van der Waals surface area contributed by atoms with E-state index in [0.29, 0.717) is 23.7 Å². The van der Waals surface area contributed by atoms with Crippen molar-refractivity contribution in [3.63, 3.8) is 0 Å². The summed E-state index contributed by atoms with van der Waals surface area (Å²) in [5, 5.41) is 2.82. The Labute approximate surface area is 83.8 Å². The number of hydrogen-bond donors (Lipinski definition) is 1. The second-order valence-corrected chi connectivity index (χ2v) is 3.63. The van der Waals surface area contributed by atoms with Gasteiger partial charge in [0, 0.05) is 12.7 Å². The fourth-order valence-corrected chi connectivity index (χ4v) is 1.01. The standard InChI is InChI=1S/C10H15N3O/c1-7(2)4-12-10(14)9-5-11-6-13-8(9)3/h5-7H,4H2,1-3H3,(H,12,14). The van der Waals surface area contributed by atoms with Crippen LogP contribution in [0.25, 0.3) is 0 Å². The molecule has 0 aliphatic heterocycles. The Morgan fingerprint density at radius 3 is 2.86 bits per heavy atom. The molecule has 0 saturated heterocycles. The van der Waals surface area contributed by atoms with Crippen LogP contribution in [0.15, 0.2) is 12.5 Å². The summed E-state index contributed by atoms with van der Waals surface area (Å²) in [5.41, 5.74) is 1.26. The quantitative estimate of drug-likeness (QED) is 0.784. The van der Waals surface area contributed by atoms with Crippen LogP contribution in [0, 0.1) is 12.8 Å². The van der Waals surface area contributed by atoms with Gasteiger partial charge in [-0.3, -0.25) is 4.79 Å². The monoisotopic (exact) mass is 193 g/mol. The van der Waals surface area contributed by atoms with E-state index in [4.69, 9.17) is 0 Å². The molecule has 1 rings (SSSR count). The smallest absolute Gasteiger partial charge is 0.254 e. The van der Waals surface area contributed by atoms with E-state index in [-0.39, 0.29) is 5.91 Å². The van der Waals surface area contributed by atoms with Gasteiger partial charge in [0.1, 0.15) is 6.33 Å². The molecule has 0 aromatic carbocycles. The minimum atomic E-state index is -0.100. The second kappa shape index (κ2) is 4.69. The third-order valence-electron chi connectivity index (χ3n) is 1.83. The lowest BCUT2D eigenvalue weighted by atomic mass is 10.2. The Kier molecular flexibility index (Phi) is 3.56. The van der Waals surface area contributed by atoms with Crippen molar-refractivity contribution < 1.29 is 4.79 Å². The molecule has 0 saturated carbocycles. The lowest BCUT2D eigenvalue weighted by molar-refractivity contribution is 0.0947. The Morgan fingerprint density at radius 1 is 1.57 bits per heavy atom. The molecule has 14 heavy (non-hydrogen) atoms. The van der Waals surface area contributed by atoms with Crippen LogP contribution in [0.5, 0.6) is 0 Å². The number of nitrogens with one attached hydrogen (secondary N) is 1. The van der Waals surface area contributed by atoms with E-state index in [9.17, 15) is 4.79 Å². The molecule has 4 heteroatoms. The number of hydrogen-bond acceptors (Lipinski definition) is 3. The van der Waals surface area contributed by atoms with Crippen LogP contribution >= 0.6 is 0 Å². The molecule has 1 N–H and O–H groups in total. The molecule has 0 radical (unpaired) electrons. The molecule has 1 aromatic rings. The second-order valence-electron chi connectivity index (χ2n) is 3.63. The number of aryl methyl sites for hydroxylation is 1. The van der Waals surface area contributed by atoms with Crippen LogP contribution in [-0.4, -0.2) is 22.4 Å². The van der Waals surface area contributed by atoms with E-state index in [1.165, 1.54) is 12.5 Å². The summed E-state index contributed by atoms with van der Waals surface area (Å²) < 4.78 is 0. The number of aromatic nitrogens is 2. The van der Waals surface area contributed by atoms with Crippen LogP contribution in [0.3, 0.4) is 0 Å². The van der Waals surface area contributed by atoms with Gasteiger partial charge in [-0.1, -0.05) is 13.8 Å². The van der Waals surface area contributed by atoms with Gasteiger partial charge in [0.05, 0.1) is 11.3 Å². The summed E-state index contributed by atoms with van der Waals surface area (Å²) in [6, 6.07) is 0. The average molecular weight is 193 g/mol. The van der Waals surface area contributed by atoms with Gasteiger partial charge in [0.2, 0.25) is 0 Å². The van der Waals surface area contributed by atoms with Crippen molar-refractivity contribution in [2.75, 3.05) is 6.54 Å². The van der Waals surface area contributed by atoms with Crippen LogP contribution in [0.4, 0.5) is 0 Å². The Morgan fingerprint density at radius 2 is 2.29 bits per heavy atom. The molecule has 76 valence electrons. The summed E-state index contributed by atoms with van der Waals surface area (Å²) in [4.78, 5) is 19.4. The fraction of sp³-hybridized carbons (Fsp3) is 0.500. The number of rotatable bonds is 3. The van der Waals surface area contributed by atoms with Crippen molar-refractivity contribution in [3.05, 3.63) is 23.8 Å². The van der Waals surface area contributed by atoms with Crippen LogP contribution in [-0.2, 0) is 0 Å². The van der Waals surface area contributed by atoms with Crippen molar-refractivity contribution in [2.24, 2.45) is 5.92 Å². The first-order chi connectivity index (χ1) is 6.61. The van der Waals surface area contributed by atoms with Crippen molar-refractivity contribution >= 4 is 5.91 Å². The number of carbonyl (C=O) groups is 1. The number of nitrogens with zero attached hydrogens (tertiary/aromatic N) is 2. The predicted octanol–water partition coefficient (Wildman–Crippen LogP) is 1.17. The van der Waals surface area contributed by atoms with Gasteiger partial charge >= 0.3 is 0 Å². The highest BCUT2D eigenvalue weighted by Crippen LogP contribution is 2.01. The van der Waals surface area contributed by atoms with Gasteiger partial charge < -0.3 is 5.32 Å². The molecule has 0 unspecified atom stereocenters. The van der Waals surface area contributed by atoms with E-state index in [0.717, 1.165) is 0 Å². The molecule has 0 spiro atoms. The lowest BCUT2D eigenvalue weighted by Crippen LogP contribution is -2.28. The highest BCUT2D eigenvalue weighted by atomic mass is 16.1. The maximum Gasteiger partial charge on any atom is 0.254 e. The minimum absolute atomic E-state index is 0.100. The molecule has 1 heterocycles. The van der Waals surface area contributed by atoms with Gasteiger partial charge in [0.15, 0.2) is 0 Å². The molecular formula is C10H15N3O. The number of amides is 1. The highest BCUT2D eigenvalue weighted by Gasteiger charge is 2.09. The third kappa shape index (κ3) is 2.80. The van der Waals surface area contributed by atoms with E-state index < -0.39 is 0 Å². The van der Waals surface area contributed by atoms with E-state index in [1.807, 2.05) is 0 Å².